The number of anilines is 3. The van der Waals surface area contributed by atoms with Crippen LogP contribution in [0.1, 0.15) is 0 Å². The number of benzene rings is 9. The molecule has 258 valence electrons. The molecule has 3 heteroatoms. The number of para-hydroxylation sites is 3. The zero-order chi connectivity index (χ0) is 36.3. The standard InChI is InChI=1S/C52H33NO2/c1-2-10-38-31-39(22-21-34(38)9-1)37-19-17-35(18-20-37)36-23-26-41(27-24-36)53(42-28-30-51-47(33-42)45-13-5-8-16-50(45)54-51)48-14-6-3-11-43(48)40-25-29-46-44-12-4-7-15-49(44)55-52(46)32-40/h1-33H. The fourth-order valence-electron chi connectivity index (χ4n) is 8.11. The second-order valence-corrected chi connectivity index (χ2v) is 14.1. The Morgan fingerprint density at radius 1 is 0.291 bits per heavy atom. The molecule has 0 aliphatic rings. The van der Waals surface area contributed by atoms with Crippen LogP contribution in [-0.4, -0.2) is 0 Å². The van der Waals surface area contributed by atoms with Gasteiger partial charge in [0, 0.05) is 38.5 Å². The van der Waals surface area contributed by atoms with Gasteiger partial charge in [-0.15, -0.1) is 0 Å². The fraction of sp³-hybridized carbons (Fsp3) is 0. The van der Waals surface area contributed by atoms with Gasteiger partial charge in [0.15, 0.2) is 0 Å². The van der Waals surface area contributed by atoms with Gasteiger partial charge in [0.25, 0.3) is 0 Å². The van der Waals surface area contributed by atoms with Gasteiger partial charge in [-0.1, -0.05) is 133 Å². The van der Waals surface area contributed by atoms with Crippen molar-refractivity contribution in [2.75, 3.05) is 4.90 Å². The van der Waals surface area contributed by atoms with Crippen LogP contribution in [0.2, 0.25) is 0 Å². The summed E-state index contributed by atoms with van der Waals surface area (Å²) in [4.78, 5) is 2.35. The summed E-state index contributed by atoms with van der Waals surface area (Å²) in [7, 11) is 0. The number of fused-ring (bicyclic) bond motifs is 7. The Labute approximate surface area is 317 Å². The van der Waals surface area contributed by atoms with E-state index in [1.165, 1.54) is 27.5 Å². The zero-order valence-corrected chi connectivity index (χ0v) is 29.8. The Morgan fingerprint density at radius 2 is 0.818 bits per heavy atom. The molecule has 0 N–H and O–H groups in total. The summed E-state index contributed by atoms with van der Waals surface area (Å²) in [5.74, 6) is 0. The van der Waals surface area contributed by atoms with E-state index in [1.54, 1.807) is 0 Å². The predicted molar refractivity (Wildman–Crippen MR) is 229 cm³/mol. The number of hydrogen-bond donors (Lipinski definition) is 0. The molecular weight excluding hydrogens is 671 g/mol. The fourth-order valence-corrected chi connectivity index (χ4v) is 8.11. The molecule has 0 aliphatic heterocycles. The van der Waals surface area contributed by atoms with E-state index in [0.29, 0.717) is 0 Å². The monoisotopic (exact) mass is 703 g/mol. The lowest BCUT2D eigenvalue weighted by Crippen LogP contribution is -2.11. The molecule has 9 aromatic carbocycles. The Morgan fingerprint density at radius 3 is 1.60 bits per heavy atom. The third-order valence-electron chi connectivity index (χ3n) is 10.9. The highest BCUT2D eigenvalue weighted by molar-refractivity contribution is 6.08. The minimum Gasteiger partial charge on any atom is -0.456 e. The highest BCUT2D eigenvalue weighted by atomic mass is 16.3. The van der Waals surface area contributed by atoms with E-state index in [9.17, 15) is 0 Å². The summed E-state index contributed by atoms with van der Waals surface area (Å²) >= 11 is 0. The van der Waals surface area contributed by atoms with Gasteiger partial charge in [0.05, 0.1) is 5.69 Å². The van der Waals surface area contributed by atoms with Crippen molar-refractivity contribution in [3.63, 3.8) is 0 Å². The van der Waals surface area contributed by atoms with E-state index >= 15 is 0 Å². The molecule has 0 saturated carbocycles. The molecule has 0 bridgehead atoms. The first-order valence-corrected chi connectivity index (χ1v) is 18.7. The summed E-state index contributed by atoms with van der Waals surface area (Å²) in [6.07, 6.45) is 0. The second-order valence-electron chi connectivity index (χ2n) is 14.1. The molecule has 0 radical (unpaired) electrons. The molecule has 11 rings (SSSR count). The molecule has 0 atom stereocenters. The summed E-state index contributed by atoms with van der Waals surface area (Å²) in [6, 6.07) is 71.1. The van der Waals surface area contributed by atoms with Gasteiger partial charge in [-0.3, -0.25) is 0 Å². The number of nitrogens with zero attached hydrogens (tertiary/aromatic N) is 1. The molecule has 0 amide bonds. The van der Waals surface area contributed by atoms with Crippen molar-refractivity contribution in [3.05, 3.63) is 200 Å². The normalized spacial score (nSPS) is 11.6. The maximum Gasteiger partial charge on any atom is 0.136 e. The van der Waals surface area contributed by atoms with Crippen LogP contribution in [0.4, 0.5) is 17.1 Å². The Hall–Kier alpha value is -7.36. The maximum absolute atomic E-state index is 6.35. The first-order chi connectivity index (χ1) is 27.2. The number of hydrogen-bond acceptors (Lipinski definition) is 3. The molecule has 0 saturated heterocycles. The average molecular weight is 704 g/mol. The summed E-state index contributed by atoms with van der Waals surface area (Å²) in [5, 5.41) is 6.94. The molecule has 0 unspecified atom stereocenters. The third kappa shape index (κ3) is 5.36. The second kappa shape index (κ2) is 12.6. The van der Waals surface area contributed by atoms with E-state index in [0.717, 1.165) is 77.6 Å². The van der Waals surface area contributed by atoms with E-state index in [1.807, 2.05) is 24.3 Å². The quantitative estimate of drug-likeness (QED) is 0.173. The van der Waals surface area contributed by atoms with Crippen molar-refractivity contribution >= 4 is 71.7 Å². The van der Waals surface area contributed by atoms with Gasteiger partial charge >= 0.3 is 0 Å². The van der Waals surface area contributed by atoms with Crippen molar-refractivity contribution in [1.29, 1.82) is 0 Å². The molecule has 55 heavy (non-hydrogen) atoms. The number of furan rings is 2. The van der Waals surface area contributed by atoms with Crippen LogP contribution in [0.3, 0.4) is 0 Å². The van der Waals surface area contributed by atoms with Gasteiger partial charge in [0.1, 0.15) is 22.3 Å². The van der Waals surface area contributed by atoms with Crippen molar-refractivity contribution in [1.82, 2.24) is 0 Å². The molecule has 11 aromatic rings. The van der Waals surface area contributed by atoms with E-state index in [4.69, 9.17) is 8.83 Å². The van der Waals surface area contributed by atoms with Crippen LogP contribution in [-0.2, 0) is 0 Å². The molecule has 0 aliphatic carbocycles. The highest BCUT2D eigenvalue weighted by Crippen LogP contribution is 2.44. The van der Waals surface area contributed by atoms with Crippen molar-refractivity contribution in [2.45, 2.75) is 0 Å². The topological polar surface area (TPSA) is 29.5 Å². The Kier molecular flexibility index (Phi) is 7.17. The van der Waals surface area contributed by atoms with Crippen LogP contribution in [0.25, 0.3) is 88.0 Å². The summed E-state index contributed by atoms with van der Waals surface area (Å²) in [6.45, 7) is 0. The van der Waals surface area contributed by atoms with Crippen molar-refractivity contribution in [2.24, 2.45) is 0 Å². The first kappa shape index (κ1) is 31.2. The van der Waals surface area contributed by atoms with E-state index in [2.05, 4.69) is 181 Å². The van der Waals surface area contributed by atoms with Crippen LogP contribution >= 0.6 is 0 Å². The van der Waals surface area contributed by atoms with Crippen LogP contribution in [0, 0.1) is 0 Å². The van der Waals surface area contributed by atoms with Gasteiger partial charge in [0.2, 0.25) is 0 Å². The molecule has 2 aromatic heterocycles. The molecule has 2 heterocycles. The van der Waals surface area contributed by atoms with Crippen LogP contribution in [0.5, 0.6) is 0 Å². The lowest BCUT2D eigenvalue weighted by atomic mass is 9.98. The van der Waals surface area contributed by atoms with Gasteiger partial charge in [-0.2, -0.15) is 0 Å². The lowest BCUT2D eigenvalue weighted by molar-refractivity contribution is 0.668. The SMILES string of the molecule is c1ccc(N(c2ccc(-c3ccc(-c4ccc5ccccc5c4)cc3)cc2)c2ccc3oc4ccccc4c3c2)c(-c2ccc3c(c2)oc2ccccc23)c1. The smallest absolute Gasteiger partial charge is 0.136 e. The van der Waals surface area contributed by atoms with Crippen molar-refractivity contribution in [3.8, 4) is 33.4 Å². The first-order valence-electron chi connectivity index (χ1n) is 18.7. The van der Waals surface area contributed by atoms with Gasteiger partial charge in [-0.25, -0.2) is 0 Å². The average Bonchev–Trinajstić information content (AvgIpc) is 3.82. The summed E-state index contributed by atoms with van der Waals surface area (Å²) in [5.41, 5.74) is 13.7. The predicted octanol–water partition coefficient (Wildman–Crippen LogP) is 15.1. The molecular formula is C52H33NO2. The molecule has 0 spiro atoms. The number of rotatable bonds is 6. The van der Waals surface area contributed by atoms with Crippen LogP contribution < -0.4 is 4.90 Å². The Balaban J connectivity index is 1.01. The molecule has 0 fully saturated rings. The minimum absolute atomic E-state index is 0.871. The van der Waals surface area contributed by atoms with Crippen molar-refractivity contribution < 1.29 is 8.83 Å². The highest BCUT2D eigenvalue weighted by Gasteiger charge is 2.20. The molecule has 3 nitrogen and oxygen atoms in total. The van der Waals surface area contributed by atoms with E-state index < -0.39 is 0 Å². The van der Waals surface area contributed by atoms with E-state index in [-0.39, 0.29) is 0 Å². The third-order valence-corrected chi connectivity index (χ3v) is 10.9. The zero-order valence-electron chi connectivity index (χ0n) is 29.8. The van der Waals surface area contributed by atoms with Crippen LogP contribution in [0.15, 0.2) is 209 Å². The Bertz CT molecular complexity index is 3200. The minimum atomic E-state index is 0.871. The van der Waals surface area contributed by atoms with Gasteiger partial charge in [-0.05, 0) is 105 Å². The summed E-state index contributed by atoms with van der Waals surface area (Å²) < 4.78 is 12.6. The largest absolute Gasteiger partial charge is 0.456 e. The van der Waals surface area contributed by atoms with Gasteiger partial charge < -0.3 is 13.7 Å². The maximum atomic E-state index is 6.35. The lowest BCUT2D eigenvalue weighted by Gasteiger charge is -2.28.